The van der Waals surface area contributed by atoms with Gasteiger partial charge in [-0.05, 0) is 51.1 Å². The summed E-state index contributed by atoms with van der Waals surface area (Å²) >= 11 is 0. The van der Waals surface area contributed by atoms with Crippen molar-refractivity contribution < 1.29 is 9.90 Å². The fraction of sp³-hybridized carbons (Fsp3) is 0.929. The monoisotopic (exact) mass is 256 g/mol. The zero-order valence-electron chi connectivity index (χ0n) is 11.4. The van der Waals surface area contributed by atoms with Gasteiger partial charge in [0.15, 0.2) is 0 Å². The number of aliphatic hydroxyl groups excluding tert-OH is 1. The standard InChI is InChI=1S/C14H28N2O2/c17-11-4-2-1-3-10-16-14(18)8-7-13-6-5-9-15-12-13/h13,15,17H,1-12H2,(H,16,18). The number of aliphatic hydroxyl groups is 1. The molecule has 1 rings (SSSR count). The number of piperidine rings is 1. The average Bonchev–Trinajstić information content (AvgIpc) is 2.41. The summed E-state index contributed by atoms with van der Waals surface area (Å²) in [6, 6.07) is 0. The molecule has 0 spiro atoms. The lowest BCUT2D eigenvalue weighted by molar-refractivity contribution is -0.121. The van der Waals surface area contributed by atoms with Crippen LogP contribution in [0.15, 0.2) is 0 Å². The minimum atomic E-state index is 0.197. The summed E-state index contributed by atoms with van der Waals surface area (Å²) < 4.78 is 0. The van der Waals surface area contributed by atoms with E-state index in [1.807, 2.05) is 0 Å². The summed E-state index contributed by atoms with van der Waals surface area (Å²) in [5, 5.41) is 15.0. The maximum atomic E-state index is 11.6. The third-order valence-corrected chi connectivity index (χ3v) is 3.59. The van der Waals surface area contributed by atoms with E-state index in [4.69, 9.17) is 5.11 Å². The first-order valence-corrected chi connectivity index (χ1v) is 7.41. The number of hydrogen-bond acceptors (Lipinski definition) is 3. The molecule has 0 radical (unpaired) electrons. The topological polar surface area (TPSA) is 61.4 Å². The van der Waals surface area contributed by atoms with Gasteiger partial charge in [0.2, 0.25) is 5.91 Å². The Balaban J connectivity index is 1.90. The maximum Gasteiger partial charge on any atom is 0.220 e. The van der Waals surface area contributed by atoms with Gasteiger partial charge in [-0.15, -0.1) is 0 Å². The quantitative estimate of drug-likeness (QED) is 0.547. The number of carbonyl (C=O) groups excluding carboxylic acids is 1. The third kappa shape index (κ3) is 7.67. The molecule has 4 heteroatoms. The normalized spacial score (nSPS) is 19.7. The zero-order valence-corrected chi connectivity index (χ0v) is 11.4. The van der Waals surface area contributed by atoms with Gasteiger partial charge in [-0.3, -0.25) is 4.79 Å². The highest BCUT2D eigenvalue weighted by atomic mass is 16.2. The van der Waals surface area contributed by atoms with Crippen molar-refractivity contribution in [3.63, 3.8) is 0 Å². The average molecular weight is 256 g/mol. The Morgan fingerprint density at radius 1 is 1.28 bits per heavy atom. The molecule has 0 aliphatic carbocycles. The summed E-state index contributed by atoms with van der Waals surface area (Å²) in [4.78, 5) is 11.6. The van der Waals surface area contributed by atoms with Gasteiger partial charge in [-0.25, -0.2) is 0 Å². The summed E-state index contributed by atoms with van der Waals surface area (Å²) in [6.07, 6.45) is 8.25. The van der Waals surface area contributed by atoms with Crippen molar-refractivity contribution in [3.8, 4) is 0 Å². The van der Waals surface area contributed by atoms with Crippen LogP contribution in [0, 0.1) is 5.92 Å². The van der Waals surface area contributed by atoms with Gasteiger partial charge in [-0.2, -0.15) is 0 Å². The Morgan fingerprint density at radius 3 is 2.83 bits per heavy atom. The SMILES string of the molecule is O=C(CCC1CCCNC1)NCCCCCCO. The van der Waals surface area contributed by atoms with Crippen molar-refractivity contribution in [2.75, 3.05) is 26.2 Å². The highest BCUT2D eigenvalue weighted by Crippen LogP contribution is 2.15. The van der Waals surface area contributed by atoms with Crippen LogP contribution in [0.25, 0.3) is 0 Å². The fourth-order valence-electron chi connectivity index (χ4n) is 2.41. The van der Waals surface area contributed by atoms with Gasteiger partial charge in [0.05, 0.1) is 0 Å². The molecule has 0 aromatic rings. The van der Waals surface area contributed by atoms with Crippen LogP contribution < -0.4 is 10.6 Å². The van der Waals surface area contributed by atoms with Crippen LogP contribution in [0.3, 0.4) is 0 Å². The van der Waals surface area contributed by atoms with Gasteiger partial charge < -0.3 is 15.7 Å². The van der Waals surface area contributed by atoms with E-state index in [2.05, 4.69) is 10.6 Å². The first kappa shape index (κ1) is 15.4. The third-order valence-electron chi connectivity index (χ3n) is 3.59. The summed E-state index contributed by atoms with van der Waals surface area (Å²) in [7, 11) is 0. The number of hydrogen-bond donors (Lipinski definition) is 3. The lowest BCUT2D eigenvalue weighted by atomic mass is 9.94. The molecule has 106 valence electrons. The predicted molar refractivity (Wildman–Crippen MR) is 73.4 cm³/mol. The van der Waals surface area contributed by atoms with E-state index in [9.17, 15) is 4.79 Å². The van der Waals surface area contributed by atoms with E-state index in [1.165, 1.54) is 12.8 Å². The van der Waals surface area contributed by atoms with Crippen molar-refractivity contribution >= 4 is 5.91 Å². The van der Waals surface area contributed by atoms with Crippen LogP contribution in [0.5, 0.6) is 0 Å². The summed E-state index contributed by atoms with van der Waals surface area (Å²) in [5.41, 5.74) is 0. The second-order valence-corrected chi connectivity index (χ2v) is 5.24. The minimum absolute atomic E-state index is 0.197. The van der Waals surface area contributed by atoms with Crippen LogP contribution in [-0.4, -0.2) is 37.3 Å². The van der Waals surface area contributed by atoms with E-state index in [-0.39, 0.29) is 12.5 Å². The molecule has 1 saturated heterocycles. The molecule has 0 aromatic heterocycles. The number of amides is 1. The number of rotatable bonds is 9. The predicted octanol–water partition coefficient (Wildman–Crippen LogP) is 1.44. The van der Waals surface area contributed by atoms with Gasteiger partial charge >= 0.3 is 0 Å². The molecule has 0 saturated carbocycles. The Labute approximate surface area is 111 Å². The Hall–Kier alpha value is -0.610. The Kier molecular flexibility index (Phi) is 8.86. The maximum absolute atomic E-state index is 11.6. The van der Waals surface area contributed by atoms with Crippen LogP contribution in [0.1, 0.15) is 51.4 Å². The van der Waals surface area contributed by atoms with Crippen molar-refractivity contribution in [2.24, 2.45) is 5.92 Å². The summed E-state index contributed by atoms with van der Waals surface area (Å²) in [6.45, 7) is 3.28. The Bertz CT molecular complexity index is 216. The van der Waals surface area contributed by atoms with Crippen LogP contribution in [-0.2, 0) is 4.79 Å². The fourth-order valence-corrected chi connectivity index (χ4v) is 2.41. The molecule has 1 atom stereocenters. The number of nitrogens with one attached hydrogen (secondary N) is 2. The molecule has 1 amide bonds. The van der Waals surface area contributed by atoms with Crippen LogP contribution in [0.2, 0.25) is 0 Å². The molecule has 4 nitrogen and oxygen atoms in total. The first-order valence-electron chi connectivity index (χ1n) is 7.41. The molecule has 1 aliphatic heterocycles. The smallest absolute Gasteiger partial charge is 0.220 e. The van der Waals surface area contributed by atoms with Crippen molar-refractivity contribution in [3.05, 3.63) is 0 Å². The van der Waals surface area contributed by atoms with Gasteiger partial charge in [0.25, 0.3) is 0 Å². The molecule has 1 fully saturated rings. The molecule has 1 unspecified atom stereocenters. The van der Waals surface area contributed by atoms with Gasteiger partial charge in [0.1, 0.15) is 0 Å². The second kappa shape index (κ2) is 10.3. The largest absolute Gasteiger partial charge is 0.396 e. The zero-order chi connectivity index (χ0) is 13.1. The van der Waals surface area contributed by atoms with Crippen LogP contribution in [0.4, 0.5) is 0 Å². The molecular weight excluding hydrogens is 228 g/mol. The van der Waals surface area contributed by atoms with E-state index < -0.39 is 0 Å². The van der Waals surface area contributed by atoms with E-state index in [0.717, 1.165) is 51.7 Å². The molecule has 1 aliphatic rings. The molecule has 3 N–H and O–H groups in total. The lowest BCUT2D eigenvalue weighted by Crippen LogP contribution is -2.31. The van der Waals surface area contributed by atoms with E-state index in [1.54, 1.807) is 0 Å². The van der Waals surface area contributed by atoms with Gasteiger partial charge in [0, 0.05) is 19.6 Å². The summed E-state index contributed by atoms with van der Waals surface area (Å²) in [5.74, 6) is 0.886. The molecule has 0 aromatic carbocycles. The first-order chi connectivity index (χ1) is 8.83. The second-order valence-electron chi connectivity index (χ2n) is 5.24. The van der Waals surface area contributed by atoms with E-state index in [0.29, 0.717) is 12.3 Å². The minimum Gasteiger partial charge on any atom is -0.396 e. The van der Waals surface area contributed by atoms with Crippen molar-refractivity contribution in [1.82, 2.24) is 10.6 Å². The molecule has 0 bridgehead atoms. The van der Waals surface area contributed by atoms with E-state index >= 15 is 0 Å². The number of unbranched alkanes of at least 4 members (excludes halogenated alkanes) is 3. The van der Waals surface area contributed by atoms with Crippen molar-refractivity contribution in [1.29, 1.82) is 0 Å². The highest BCUT2D eigenvalue weighted by Gasteiger charge is 2.13. The van der Waals surface area contributed by atoms with Gasteiger partial charge in [-0.1, -0.05) is 12.8 Å². The van der Waals surface area contributed by atoms with Crippen molar-refractivity contribution in [2.45, 2.75) is 51.4 Å². The molecule has 1 heterocycles. The van der Waals surface area contributed by atoms with Crippen LogP contribution >= 0.6 is 0 Å². The molecular formula is C14H28N2O2. The number of carbonyl (C=O) groups is 1. The molecule has 18 heavy (non-hydrogen) atoms. The lowest BCUT2D eigenvalue weighted by Gasteiger charge is -2.22. The highest BCUT2D eigenvalue weighted by molar-refractivity contribution is 5.75. The Morgan fingerprint density at radius 2 is 2.11 bits per heavy atom.